The summed E-state index contributed by atoms with van der Waals surface area (Å²) in [7, 11) is 1.56. The average molecular weight is 375 g/mol. The minimum atomic E-state index is -0.579. The Morgan fingerprint density at radius 1 is 1.12 bits per heavy atom. The lowest BCUT2D eigenvalue weighted by Gasteiger charge is -2.28. The predicted octanol–water partition coefficient (Wildman–Crippen LogP) is 2.92. The van der Waals surface area contributed by atoms with Crippen LogP contribution < -0.4 is 10.1 Å². The van der Waals surface area contributed by atoms with Crippen molar-refractivity contribution in [2.24, 2.45) is 0 Å². The second-order valence-electron chi connectivity index (χ2n) is 5.86. The number of amides is 2. The van der Waals surface area contributed by atoms with Crippen molar-refractivity contribution in [1.29, 1.82) is 0 Å². The third kappa shape index (κ3) is 5.77. The Bertz CT molecular complexity index is 720. The molecule has 1 N–H and O–H groups in total. The van der Waals surface area contributed by atoms with Gasteiger partial charge < -0.3 is 15.0 Å². The van der Waals surface area contributed by atoms with Gasteiger partial charge in [0.05, 0.1) is 0 Å². The molecule has 0 spiro atoms. The summed E-state index contributed by atoms with van der Waals surface area (Å²) in [5, 5.41) is 3.19. The highest BCUT2D eigenvalue weighted by Crippen LogP contribution is 2.16. The molecule has 0 saturated carbocycles. The maximum atomic E-state index is 12.7. The third-order valence-corrected chi connectivity index (χ3v) is 4.33. The van der Waals surface area contributed by atoms with E-state index < -0.39 is 6.04 Å². The number of hydrogen-bond acceptors (Lipinski definition) is 3. The van der Waals surface area contributed by atoms with Crippen LogP contribution in [0.4, 0.5) is 0 Å². The Morgan fingerprint density at radius 2 is 1.77 bits per heavy atom. The van der Waals surface area contributed by atoms with E-state index in [0.717, 1.165) is 5.56 Å². The average Bonchev–Trinajstić information content (AvgIpc) is 2.67. The van der Waals surface area contributed by atoms with Crippen LogP contribution in [0.15, 0.2) is 54.6 Å². The van der Waals surface area contributed by atoms with Gasteiger partial charge in [-0.3, -0.25) is 9.59 Å². The quantitative estimate of drug-likeness (QED) is 0.772. The first-order chi connectivity index (χ1) is 12.5. The summed E-state index contributed by atoms with van der Waals surface area (Å²) in [6.45, 7) is 2.00. The molecule has 2 rings (SSSR count). The van der Waals surface area contributed by atoms with Crippen LogP contribution in [0.1, 0.15) is 12.5 Å². The van der Waals surface area contributed by atoms with Gasteiger partial charge in [-0.05, 0) is 43.2 Å². The van der Waals surface area contributed by atoms with Crippen LogP contribution in [0.25, 0.3) is 0 Å². The molecule has 0 aliphatic rings. The SMILES string of the molecule is CNC(=O)[C@@H](C)N(CCc1ccccc1)C(=O)COc1ccc(Cl)cc1. The summed E-state index contributed by atoms with van der Waals surface area (Å²) in [5.41, 5.74) is 1.10. The van der Waals surface area contributed by atoms with E-state index in [1.165, 1.54) is 0 Å². The molecule has 0 bridgehead atoms. The second kappa shape index (κ2) is 9.82. The van der Waals surface area contributed by atoms with Gasteiger partial charge in [0.2, 0.25) is 5.91 Å². The third-order valence-electron chi connectivity index (χ3n) is 4.07. The van der Waals surface area contributed by atoms with Crippen molar-refractivity contribution in [3.63, 3.8) is 0 Å². The first kappa shape index (κ1) is 19.8. The van der Waals surface area contributed by atoms with Crippen molar-refractivity contribution in [2.75, 3.05) is 20.2 Å². The number of nitrogens with one attached hydrogen (secondary N) is 1. The number of halogens is 1. The summed E-state index contributed by atoms with van der Waals surface area (Å²) >= 11 is 5.84. The number of hydrogen-bond donors (Lipinski definition) is 1. The summed E-state index contributed by atoms with van der Waals surface area (Å²) in [5.74, 6) is 0.100. The minimum absolute atomic E-state index is 0.141. The fourth-order valence-electron chi connectivity index (χ4n) is 2.54. The van der Waals surface area contributed by atoms with Crippen molar-refractivity contribution in [3.05, 3.63) is 65.2 Å². The number of benzene rings is 2. The van der Waals surface area contributed by atoms with Crippen LogP contribution in [0, 0.1) is 0 Å². The predicted molar refractivity (Wildman–Crippen MR) is 102 cm³/mol. The van der Waals surface area contributed by atoms with Crippen molar-refractivity contribution >= 4 is 23.4 Å². The number of carbonyl (C=O) groups excluding carboxylic acids is 2. The molecule has 0 fully saturated rings. The maximum Gasteiger partial charge on any atom is 0.261 e. The highest BCUT2D eigenvalue weighted by atomic mass is 35.5. The largest absolute Gasteiger partial charge is 0.484 e. The number of nitrogens with zero attached hydrogens (tertiary/aromatic N) is 1. The fourth-order valence-corrected chi connectivity index (χ4v) is 2.66. The van der Waals surface area contributed by atoms with E-state index in [4.69, 9.17) is 16.3 Å². The topological polar surface area (TPSA) is 58.6 Å². The van der Waals surface area contributed by atoms with E-state index in [2.05, 4.69) is 5.32 Å². The fraction of sp³-hybridized carbons (Fsp3) is 0.300. The lowest BCUT2D eigenvalue weighted by molar-refractivity contribution is -0.141. The molecule has 0 aliphatic heterocycles. The van der Waals surface area contributed by atoms with Crippen LogP contribution in [-0.4, -0.2) is 43.0 Å². The summed E-state index contributed by atoms with van der Waals surface area (Å²) < 4.78 is 5.54. The number of likely N-dealkylation sites (N-methyl/N-ethyl adjacent to an activating group) is 1. The minimum Gasteiger partial charge on any atom is -0.484 e. The van der Waals surface area contributed by atoms with Crippen LogP contribution in [-0.2, 0) is 16.0 Å². The Kier molecular flexibility index (Phi) is 7.48. The summed E-state index contributed by atoms with van der Waals surface area (Å²) in [6.07, 6.45) is 0.662. The van der Waals surface area contributed by atoms with E-state index in [0.29, 0.717) is 23.7 Å². The Balaban J connectivity index is 2.02. The smallest absolute Gasteiger partial charge is 0.261 e. The molecule has 6 heteroatoms. The van der Waals surface area contributed by atoms with Gasteiger partial charge in [0.15, 0.2) is 6.61 Å². The van der Waals surface area contributed by atoms with E-state index in [-0.39, 0.29) is 18.4 Å². The van der Waals surface area contributed by atoms with Crippen LogP contribution in [0.5, 0.6) is 5.75 Å². The van der Waals surface area contributed by atoms with E-state index in [9.17, 15) is 9.59 Å². The molecule has 26 heavy (non-hydrogen) atoms. The number of rotatable bonds is 8. The zero-order valence-electron chi connectivity index (χ0n) is 14.9. The van der Waals surface area contributed by atoms with Gasteiger partial charge in [0.1, 0.15) is 11.8 Å². The highest BCUT2D eigenvalue weighted by molar-refractivity contribution is 6.30. The molecule has 2 amide bonds. The van der Waals surface area contributed by atoms with Crippen molar-refractivity contribution in [1.82, 2.24) is 10.2 Å². The number of carbonyl (C=O) groups is 2. The molecule has 2 aromatic carbocycles. The molecule has 1 atom stereocenters. The zero-order valence-corrected chi connectivity index (χ0v) is 15.7. The highest BCUT2D eigenvalue weighted by Gasteiger charge is 2.25. The van der Waals surface area contributed by atoms with Crippen LogP contribution in [0.3, 0.4) is 0 Å². The monoisotopic (exact) mass is 374 g/mol. The van der Waals surface area contributed by atoms with Crippen molar-refractivity contribution < 1.29 is 14.3 Å². The molecule has 0 aliphatic carbocycles. The van der Waals surface area contributed by atoms with Gasteiger partial charge in [-0.2, -0.15) is 0 Å². The maximum absolute atomic E-state index is 12.7. The summed E-state index contributed by atoms with van der Waals surface area (Å²) in [4.78, 5) is 26.2. The molecular formula is C20H23ClN2O3. The van der Waals surface area contributed by atoms with E-state index >= 15 is 0 Å². The first-order valence-electron chi connectivity index (χ1n) is 8.44. The Morgan fingerprint density at radius 3 is 2.38 bits per heavy atom. The van der Waals surface area contributed by atoms with Gasteiger partial charge in [-0.1, -0.05) is 41.9 Å². The standard InChI is InChI=1S/C20H23ClN2O3/c1-15(20(25)22-2)23(13-12-16-6-4-3-5-7-16)19(24)14-26-18-10-8-17(21)9-11-18/h3-11,15H,12-14H2,1-2H3,(H,22,25)/t15-/m1/s1. The molecule has 5 nitrogen and oxygen atoms in total. The lowest BCUT2D eigenvalue weighted by Crippen LogP contribution is -2.49. The van der Waals surface area contributed by atoms with Gasteiger partial charge in [0.25, 0.3) is 5.91 Å². The van der Waals surface area contributed by atoms with E-state index in [1.54, 1.807) is 43.1 Å². The van der Waals surface area contributed by atoms with Crippen LogP contribution >= 0.6 is 11.6 Å². The van der Waals surface area contributed by atoms with Crippen molar-refractivity contribution in [2.45, 2.75) is 19.4 Å². The number of ether oxygens (including phenoxy) is 1. The van der Waals surface area contributed by atoms with Gasteiger partial charge >= 0.3 is 0 Å². The molecule has 0 radical (unpaired) electrons. The Hall–Kier alpha value is -2.53. The zero-order chi connectivity index (χ0) is 18.9. The normalized spacial score (nSPS) is 11.5. The van der Waals surface area contributed by atoms with Crippen molar-refractivity contribution in [3.8, 4) is 5.75 Å². The summed E-state index contributed by atoms with van der Waals surface area (Å²) in [6, 6.07) is 16.1. The second-order valence-corrected chi connectivity index (χ2v) is 6.29. The van der Waals surface area contributed by atoms with Gasteiger partial charge in [0, 0.05) is 18.6 Å². The molecule has 0 unspecified atom stereocenters. The van der Waals surface area contributed by atoms with Gasteiger partial charge in [-0.25, -0.2) is 0 Å². The molecule has 0 saturated heterocycles. The molecule has 138 valence electrons. The Labute approximate surface area is 158 Å². The first-order valence-corrected chi connectivity index (χ1v) is 8.82. The van der Waals surface area contributed by atoms with E-state index in [1.807, 2.05) is 30.3 Å². The molecule has 2 aromatic rings. The van der Waals surface area contributed by atoms with Crippen LogP contribution in [0.2, 0.25) is 5.02 Å². The lowest BCUT2D eigenvalue weighted by atomic mass is 10.1. The van der Waals surface area contributed by atoms with Gasteiger partial charge in [-0.15, -0.1) is 0 Å². The molecule has 0 heterocycles. The molecular weight excluding hydrogens is 352 g/mol. The molecule has 0 aromatic heterocycles.